The second-order valence-corrected chi connectivity index (χ2v) is 5.88. The van der Waals surface area contributed by atoms with Crippen molar-refractivity contribution in [2.45, 2.75) is 20.0 Å². The van der Waals surface area contributed by atoms with Gasteiger partial charge in [-0.25, -0.2) is 9.78 Å². The van der Waals surface area contributed by atoms with Crippen molar-refractivity contribution in [3.63, 3.8) is 0 Å². The van der Waals surface area contributed by atoms with Crippen LogP contribution in [0.1, 0.15) is 34.7 Å². The van der Waals surface area contributed by atoms with Crippen molar-refractivity contribution in [1.29, 1.82) is 0 Å². The molecule has 7 heteroatoms. The molecule has 0 radical (unpaired) electrons. The molecule has 136 valence electrons. The lowest BCUT2D eigenvalue weighted by Gasteiger charge is -2.14. The van der Waals surface area contributed by atoms with Gasteiger partial charge >= 0.3 is 5.97 Å². The SMILES string of the molecule is CC(=O)c1ccccc1NC(=O)C(C)OC(=O)c1cnc2ccccc2n1. The third-order valence-electron chi connectivity index (χ3n) is 3.87. The molecule has 7 nitrogen and oxygen atoms in total. The molecule has 3 aromatic rings. The molecule has 0 aliphatic carbocycles. The van der Waals surface area contributed by atoms with Crippen LogP contribution in [0, 0.1) is 0 Å². The van der Waals surface area contributed by atoms with E-state index in [1.54, 1.807) is 42.5 Å². The fourth-order valence-corrected chi connectivity index (χ4v) is 2.46. The summed E-state index contributed by atoms with van der Waals surface area (Å²) >= 11 is 0. The zero-order valence-corrected chi connectivity index (χ0v) is 14.8. The van der Waals surface area contributed by atoms with Gasteiger partial charge in [-0.3, -0.25) is 14.6 Å². The predicted octanol–water partition coefficient (Wildman–Crippen LogP) is 3.02. The highest BCUT2D eigenvalue weighted by Crippen LogP contribution is 2.16. The Morgan fingerprint density at radius 3 is 2.41 bits per heavy atom. The standard InChI is InChI=1S/C20H17N3O4/c1-12(24)14-7-3-4-8-15(14)23-19(25)13(2)27-20(26)18-11-21-16-9-5-6-10-17(16)22-18/h3-11,13H,1-2H3,(H,23,25). The molecule has 0 aliphatic rings. The number of carbonyl (C=O) groups excluding carboxylic acids is 3. The van der Waals surface area contributed by atoms with Gasteiger partial charge in [-0.15, -0.1) is 0 Å². The topological polar surface area (TPSA) is 98.2 Å². The van der Waals surface area contributed by atoms with Gasteiger partial charge in [-0.1, -0.05) is 24.3 Å². The number of hydrogen-bond acceptors (Lipinski definition) is 6. The lowest BCUT2D eigenvalue weighted by atomic mass is 10.1. The predicted molar refractivity (Wildman–Crippen MR) is 99.5 cm³/mol. The minimum absolute atomic E-state index is 0.0116. The molecule has 27 heavy (non-hydrogen) atoms. The molecule has 0 saturated heterocycles. The Hall–Kier alpha value is -3.61. The number of esters is 1. The molecule has 0 fully saturated rings. The molecule has 0 spiro atoms. The van der Waals surface area contributed by atoms with Crippen LogP contribution in [-0.4, -0.2) is 33.7 Å². The number of amides is 1. The maximum atomic E-state index is 12.3. The van der Waals surface area contributed by atoms with Crippen LogP contribution in [0.25, 0.3) is 11.0 Å². The number of nitrogens with zero attached hydrogens (tertiary/aromatic N) is 2. The van der Waals surface area contributed by atoms with Crippen LogP contribution in [0.4, 0.5) is 5.69 Å². The molecule has 0 bridgehead atoms. The van der Waals surface area contributed by atoms with Crippen LogP contribution in [0.5, 0.6) is 0 Å². The van der Waals surface area contributed by atoms with Gasteiger partial charge in [0.15, 0.2) is 17.6 Å². The van der Waals surface area contributed by atoms with E-state index in [4.69, 9.17) is 4.74 Å². The van der Waals surface area contributed by atoms with E-state index < -0.39 is 18.0 Å². The third-order valence-corrected chi connectivity index (χ3v) is 3.87. The first-order valence-electron chi connectivity index (χ1n) is 8.29. The van der Waals surface area contributed by atoms with Crippen molar-refractivity contribution in [1.82, 2.24) is 9.97 Å². The first-order chi connectivity index (χ1) is 13.0. The molecular formula is C20H17N3O4. The van der Waals surface area contributed by atoms with Gasteiger partial charge in [0.1, 0.15) is 0 Å². The molecule has 1 heterocycles. The van der Waals surface area contributed by atoms with Crippen LogP contribution in [-0.2, 0) is 9.53 Å². The second-order valence-electron chi connectivity index (χ2n) is 5.88. The quantitative estimate of drug-likeness (QED) is 0.553. The second kappa shape index (κ2) is 7.74. The monoisotopic (exact) mass is 363 g/mol. The van der Waals surface area contributed by atoms with Gasteiger partial charge < -0.3 is 10.1 Å². The smallest absolute Gasteiger partial charge is 0.359 e. The summed E-state index contributed by atoms with van der Waals surface area (Å²) in [6.45, 7) is 2.85. The fourth-order valence-electron chi connectivity index (χ4n) is 2.46. The average Bonchev–Trinajstić information content (AvgIpc) is 2.67. The molecule has 2 aromatic carbocycles. The number of ketones is 1. The van der Waals surface area contributed by atoms with Gasteiger partial charge in [0.05, 0.1) is 22.9 Å². The number of para-hydroxylation sites is 3. The number of ether oxygens (including phenoxy) is 1. The molecule has 1 atom stereocenters. The maximum absolute atomic E-state index is 12.3. The van der Waals surface area contributed by atoms with Crippen molar-refractivity contribution in [3.8, 4) is 0 Å². The highest BCUT2D eigenvalue weighted by Gasteiger charge is 2.21. The summed E-state index contributed by atoms with van der Waals surface area (Å²) in [6.07, 6.45) is 0.228. The first kappa shape index (κ1) is 18.2. The molecule has 1 aromatic heterocycles. The van der Waals surface area contributed by atoms with E-state index in [0.717, 1.165) is 0 Å². The van der Waals surface area contributed by atoms with Gasteiger partial charge in [-0.2, -0.15) is 0 Å². The number of benzene rings is 2. The minimum Gasteiger partial charge on any atom is -0.448 e. The van der Waals surface area contributed by atoms with Gasteiger partial charge in [0.2, 0.25) is 0 Å². The molecule has 1 amide bonds. The lowest BCUT2D eigenvalue weighted by Crippen LogP contribution is -2.30. The Kier molecular flexibility index (Phi) is 5.21. The van der Waals surface area contributed by atoms with E-state index in [1.165, 1.54) is 20.0 Å². The molecule has 0 aliphatic heterocycles. The number of Topliss-reactive ketones (excluding diaryl/α,β-unsaturated/α-hetero) is 1. The number of rotatable bonds is 5. The Morgan fingerprint density at radius 2 is 1.67 bits per heavy atom. The molecule has 0 saturated carbocycles. The normalized spacial score (nSPS) is 11.6. The van der Waals surface area contributed by atoms with Crippen molar-refractivity contribution < 1.29 is 19.1 Å². The Bertz CT molecular complexity index is 1030. The third kappa shape index (κ3) is 4.14. The van der Waals surface area contributed by atoms with Crippen LogP contribution in [0.3, 0.4) is 0 Å². The van der Waals surface area contributed by atoms with E-state index in [1.807, 2.05) is 6.07 Å². The summed E-state index contributed by atoms with van der Waals surface area (Å²) in [5.41, 5.74) is 1.96. The summed E-state index contributed by atoms with van der Waals surface area (Å²) in [6, 6.07) is 13.7. The van der Waals surface area contributed by atoms with E-state index in [2.05, 4.69) is 15.3 Å². The van der Waals surface area contributed by atoms with Crippen LogP contribution >= 0.6 is 0 Å². The number of aromatic nitrogens is 2. The number of carbonyl (C=O) groups is 3. The van der Waals surface area contributed by atoms with Crippen molar-refractivity contribution in [2.24, 2.45) is 0 Å². The zero-order chi connectivity index (χ0) is 19.4. The fraction of sp³-hybridized carbons (Fsp3) is 0.150. The Labute approximate surface area is 155 Å². The van der Waals surface area contributed by atoms with Crippen molar-refractivity contribution in [3.05, 3.63) is 66.0 Å². The maximum Gasteiger partial charge on any atom is 0.359 e. The first-order valence-corrected chi connectivity index (χ1v) is 8.29. The van der Waals surface area contributed by atoms with E-state index >= 15 is 0 Å². The highest BCUT2D eigenvalue weighted by atomic mass is 16.5. The zero-order valence-electron chi connectivity index (χ0n) is 14.8. The summed E-state index contributed by atoms with van der Waals surface area (Å²) in [5.74, 6) is -1.48. The highest BCUT2D eigenvalue weighted by molar-refractivity contribution is 6.05. The van der Waals surface area contributed by atoms with Gasteiger partial charge in [0, 0.05) is 5.56 Å². The number of nitrogens with one attached hydrogen (secondary N) is 1. The average molecular weight is 363 g/mol. The van der Waals surface area contributed by atoms with E-state index in [-0.39, 0.29) is 11.5 Å². The van der Waals surface area contributed by atoms with Crippen LogP contribution < -0.4 is 5.32 Å². The minimum atomic E-state index is -1.08. The Balaban J connectivity index is 1.70. The summed E-state index contributed by atoms with van der Waals surface area (Å²) in [5, 5.41) is 2.61. The molecule has 1 N–H and O–H groups in total. The van der Waals surface area contributed by atoms with Gasteiger partial charge in [0.25, 0.3) is 5.91 Å². The van der Waals surface area contributed by atoms with Crippen LogP contribution in [0.15, 0.2) is 54.7 Å². The Morgan fingerprint density at radius 1 is 1.00 bits per heavy atom. The number of fused-ring (bicyclic) bond motifs is 1. The van der Waals surface area contributed by atoms with Gasteiger partial charge in [-0.05, 0) is 38.1 Å². The van der Waals surface area contributed by atoms with E-state index in [9.17, 15) is 14.4 Å². The summed E-state index contributed by atoms with van der Waals surface area (Å²) in [4.78, 5) is 44.6. The van der Waals surface area contributed by atoms with Crippen molar-refractivity contribution in [2.75, 3.05) is 5.32 Å². The largest absolute Gasteiger partial charge is 0.448 e. The summed E-state index contributed by atoms with van der Waals surface area (Å²) < 4.78 is 5.18. The number of hydrogen-bond donors (Lipinski definition) is 1. The lowest BCUT2D eigenvalue weighted by molar-refractivity contribution is -0.123. The number of anilines is 1. The van der Waals surface area contributed by atoms with E-state index in [0.29, 0.717) is 22.3 Å². The summed E-state index contributed by atoms with van der Waals surface area (Å²) in [7, 11) is 0. The molecule has 1 unspecified atom stereocenters. The molecule has 3 rings (SSSR count). The molecular weight excluding hydrogens is 346 g/mol. The van der Waals surface area contributed by atoms with Crippen LogP contribution in [0.2, 0.25) is 0 Å². The van der Waals surface area contributed by atoms with Crippen molar-refractivity contribution >= 4 is 34.4 Å².